The minimum absolute atomic E-state index is 0.125. The van der Waals surface area contributed by atoms with Crippen LogP contribution in [0.2, 0.25) is 0 Å². The monoisotopic (exact) mass is 474 g/mol. The van der Waals surface area contributed by atoms with Crippen molar-refractivity contribution in [3.8, 4) is 6.07 Å². The maximum atomic E-state index is 13.1. The molecule has 2 saturated carbocycles. The van der Waals surface area contributed by atoms with Crippen molar-refractivity contribution < 1.29 is 4.79 Å². The second kappa shape index (κ2) is 9.67. The first-order chi connectivity index (χ1) is 16.6. The Balaban J connectivity index is 1.33. The summed E-state index contributed by atoms with van der Waals surface area (Å²) in [5, 5.41) is 22.5. The van der Waals surface area contributed by atoms with E-state index in [0.717, 1.165) is 47.9 Å². The van der Waals surface area contributed by atoms with Crippen LogP contribution >= 0.6 is 11.8 Å². The summed E-state index contributed by atoms with van der Waals surface area (Å²) in [4.78, 5) is 13.1. The quantitative estimate of drug-likeness (QED) is 0.445. The Morgan fingerprint density at radius 2 is 1.88 bits per heavy atom. The summed E-state index contributed by atoms with van der Waals surface area (Å²) >= 11 is 1.41. The molecule has 34 heavy (non-hydrogen) atoms. The number of nitrogens with zero attached hydrogens (tertiary/aromatic N) is 5. The van der Waals surface area contributed by atoms with E-state index in [1.165, 1.54) is 30.2 Å². The van der Waals surface area contributed by atoms with Crippen LogP contribution in [-0.2, 0) is 11.3 Å². The first-order valence-electron chi connectivity index (χ1n) is 12.1. The summed E-state index contributed by atoms with van der Waals surface area (Å²) in [5.41, 5.74) is 3.79. The molecule has 0 spiro atoms. The van der Waals surface area contributed by atoms with Gasteiger partial charge in [-0.2, -0.15) is 5.26 Å². The van der Waals surface area contributed by atoms with Crippen LogP contribution in [0.3, 0.4) is 0 Å². The standard InChI is InChI=1S/C26H30N6OS/c1-17-18(2)32(21-10-6-7-11-21)25(22(17)14-27)28-23(33)16-34-26-30-29-24(20-12-13-20)31(26)15-19-8-4-3-5-9-19/h3-5,8-9,20-21H,6-7,10-13,15-16H2,1-2H3,(H,28,33). The highest BCUT2D eigenvalue weighted by atomic mass is 32.2. The minimum atomic E-state index is -0.125. The number of aromatic nitrogens is 4. The number of nitriles is 1. The van der Waals surface area contributed by atoms with Gasteiger partial charge in [-0.3, -0.25) is 4.79 Å². The third kappa shape index (κ3) is 4.49. The van der Waals surface area contributed by atoms with Gasteiger partial charge >= 0.3 is 0 Å². The van der Waals surface area contributed by atoms with E-state index >= 15 is 0 Å². The maximum absolute atomic E-state index is 13.1. The van der Waals surface area contributed by atoms with Gasteiger partial charge < -0.3 is 14.5 Å². The molecule has 2 aromatic heterocycles. The Bertz CT molecular complexity index is 1230. The number of thioether (sulfide) groups is 1. The molecular formula is C26H30N6OS. The molecule has 5 rings (SSSR count). The molecule has 1 aromatic carbocycles. The van der Waals surface area contributed by atoms with Gasteiger partial charge in [0.15, 0.2) is 5.16 Å². The highest BCUT2D eigenvalue weighted by Crippen LogP contribution is 2.40. The van der Waals surface area contributed by atoms with E-state index in [9.17, 15) is 10.1 Å². The van der Waals surface area contributed by atoms with Gasteiger partial charge in [0.25, 0.3) is 0 Å². The van der Waals surface area contributed by atoms with Crippen LogP contribution in [0.1, 0.15) is 78.7 Å². The van der Waals surface area contributed by atoms with Crippen LogP contribution in [0.15, 0.2) is 35.5 Å². The largest absolute Gasteiger partial charge is 0.327 e. The number of nitrogens with one attached hydrogen (secondary N) is 1. The molecule has 0 saturated heterocycles. The Morgan fingerprint density at radius 3 is 2.56 bits per heavy atom. The Hall–Kier alpha value is -3.05. The van der Waals surface area contributed by atoms with Crippen LogP contribution in [0.4, 0.5) is 5.82 Å². The Kier molecular flexibility index (Phi) is 6.46. The van der Waals surface area contributed by atoms with Gasteiger partial charge in [0.05, 0.1) is 17.9 Å². The zero-order valence-corrected chi connectivity index (χ0v) is 20.6. The van der Waals surface area contributed by atoms with E-state index in [1.807, 2.05) is 32.0 Å². The third-order valence-electron chi connectivity index (χ3n) is 7.02. The molecule has 3 aromatic rings. The number of benzene rings is 1. The lowest BCUT2D eigenvalue weighted by atomic mass is 10.2. The van der Waals surface area contributed by atoms with E-state index in [2.05, 4.69) is 42.9 Å². The molecule has 0 bridgehead atoms. The van der Waals surface area contributed by atoms with Crippen molar-refractivity contribution in [2.24, 2.45) is 0 Å². The highest BCUT2D eigenvalue weighted by Gasteiger charge is 2.31. The number of anilines is 1. The van der Waals surface area contributed by atoms with E-state index in [-0.39, 0.29) is 11.7 Å². The number of hydrogen-bond acceptors (Lipinski definition) is 5. The van der Waals surface area contributed by atoms with Crippen molar-refractivity contribution >= 4 is 23.5 Å². The van der Waals surface area contributed by atoms with Gasteiger partial charge in [-0.05, 0) is 50.7 Å². The van der Waals surface area contributed by atoms with E-state index < -0.39 is 0 Å². The van der Waals surface area contributed by atoms with Gasteiger partial charge in [-0.1, -0.05) is 54.9 Å². The molecular weight excluding hydrogens is 444 g/mol. The average molecular weight is 475 g/mol. The predicted octanol–water partition coefficient (Wildman–Crippen LogP) is 5.34. The maximum Gasteiger partial charge on any atom is 0.235 e. The summed E-state index contributed by atoms with van der Waals surface area (Å²) in [6.07, 6.45) is 6.84. The van der Waals surface area contributed by atoms with E-state index in [1.54, 1.807) is 0 Å². The molecule has 0 radical (unpaired) electrons. The molecule has 2 aliphatic rings. The van der Waals surface area contributed by atoms with Crippen LogP contribution in [0.25, 0.3) is 0 Å². The fraction of sp³-hybridized carbons (Fsp3) is 0.462. The molecule has 2 heterocycles. The number of carbonyl (C=O) groups excluding carboxylic acids is 1. The summed E-state index contributed by atoms with van der Waals surface area (Å²) in [6.45, 7) is 4.71. The summed E-state index contributed by atoms with van der Waals surface area (Å²) in [6, 6.07) is 12.9. The smallest absolute Gasteiger partial charge is 0.235 e. The number of amides is 1. The molecule has 8 heteroatoms. The lowest BCUT2D eigenvalue weighted by molar-refractivity contribution is -0.113. The van der Waals surface area contributed by atoms with Crippen molar-refractivity contribution in [2.75, 3.05) is 11.1 Å². The first kappa shape index (κ1) is 22.7. The fourth-order valence-electron chi connectivity index (χ4n) is 4.97. The minimum Gasteiger partial charge on any atom is -0.327 e. The lowest BCUT2D eigenvalue weighted by Gasteiger charge is -2.19. The summed E-state index contributed by atoms with van der Waals surface area (Å²) < 4.78 is 4.34. The highest BCUT2D eigenvalue weighted by molar-refractivity contribution is 7.99. The van der Waals surface area contributed by atoms with Crippen LogP contribution in [0.5, 0.6) is 0 Å². The van der Waals surface area contributed by atoms with E-state index in [4.69, 9.17) is 0 Å². The second-order valence-corrected chi connectivity index (χ2v) is 10.3. The third-order valence-corrected chi connectivity index (χ3v) is 7.99. The molecule has 0 unspecified atom stereocenters. The number of rotatable bonds is 8. The number of carbonyl (C=O) groups is 1. The Morgan fingerprint density at radius 1 is 1.15 bits per heavy atom. The first-order valence-corrected chi connectivity index (χ1v) is 13.1. The van der Waals surface area contributed by atoms with Crippen molar-refractivity contribution in [1.82, 2.24) is 19.3 Å². The topological polar surface area (TPSA) is 88.5 Å². The molecule has 1 amide bonds. The summed E-state index contributed by atoms with van der Waals surface area (Å²) in [5.74, 6) is 2.23. The Labute approximate surface area is 204 Å². The molecule has 1 N–H and O–H groups in total. The number of hydrogen-bond donors (Lipinski definition) is 1. The van der Waals surface area contributed by atoms with Gasteiger partial charge in [-0.15, -0.1) is 10.2 Å². The van der Waals surface area contributed by atoms with Crippen molar-refractivity contribution in [2.45, 2.75) is 76.0 Å². The van der Waals surface area contributed by atoms with Crippen LogP contribution in [0, 0.1) is 25.2 Å². The molecule has 176 valence electrons. The van der Waals surface area contributed by atoms with Gasteiger partial charge in [0.1, 0.15) is 17.7 Å². The predicted molar refractivity (Wildman–Crippen MR) is 133 cm³/mol. The van der Waals surface area contributed by atoms with Crippen molar-refractivity contribution in [3.05, 3.63) is 58.5 Å². The van der Waals surface area contributed by atoms with Gasteiger partial charge in [-0.25, -0.2) is 0 Å². The zero-order chi connectivity index (χ0) is 23.7. The van der Waals surface area contributed by atoms with Gasteiger partial charge in [0.2, 0.25) is 5.91 Å². The molecule has 7 nitrogen and oxygen atoms in total. The summed E-state index contributed by atoms with van der Waals surface area (Å²) in [7, 11) is 0. The average Bonchev–Trinajstić information content (AvgIpc) is 3.29. The molecule has 2 aliphatic carbocycles. The molecule has 0 atom stereocenters. The molecule has 2 fully saturated rings. The van der Waals surface area contributed by atoms with E-state index in [0.29, 0.717) is 29.9 Å². The zero-order valence-electron chi connectivity index (χ0n) is 19.8. The van der Waals surface area contributed by atoms with Crippen LogP contribution in [-0.4, -0.2) is 31.0 Å². The van der Waals surface area contributed by atoms with Crippen molar-refractivity contribution in [1.29, 1.82) is 5.26 Å². The lowest BCUT2D eigenvalue weighted by Crippen LogP contribution is -2.20. The molecule has 0 aliphatic heterocycles. The van der Waals surface area contributed by atoms with Crippen LogP contribution < -0.4 is 5.32 Å². The fourth-order valence-corrected chi connectivity index (χ4v) is 5.71. The normalized spacial score (nSPS) is 16.0. The van der Waals surface area contributed by atoms with Gasteiger partial charge in [0, 0.05) is 17.7 Å². The second-order valence-electron chi connectivity index (χ2n) is 9.38. The SMILES string of the molecule is Cc1c(C#N)c(NC(=O)CSc2nnc(C3CC3)n2Cc2ccccc2)n(C2CCCC2)c1C. The van der Waals surface area contributed by atoms with Crippen molar-refractivity contribution in [3.63, 3.8) is 0 Å².